The average Bonchev–Trinajstić information content (AvgIpc) is 2.30. The number of piperidine rings is 1. The maximum absolute atomic E-state index is 3.99. The van der Waals surface area contributed by atoms with Crippen molar-refractivity contribution >= 4 is 6.72 Å². The predicted octanol–water partition coefficient (Wildman–Crippen LogP) is 0.314. The van der Waals surface area contributed by atoms with E-state index in [1.54, 1.807) is 0 Å². The summed E-state index contributed by atoms with van der Waals surface area (Å²) in [5, 5.41) is 6.06. The average molecular weight is 210 g/mol. The molecule has 0 amide bonds. The first-order valence-corrected chi connectivity index (χ1v) is 5.94. The van der Waals surface area contributed by atoms with Crippen LogP contribution in [-0.4, -0.2) is 73.9 Å². The van der Waals surface area contributed by atoms with E-state index in [9.17, 15) is 0 Å². The smallest absolute Gasteiger partial charge is 0.0488 e. The fourth-order valence-electron chi connectivity index (χ4n) is 2.58. The third kappa shape index (κ3) is 2.69. The molecule has 0 unspecified atom stereocenters. The molecule has 0 spiro atoms. The molecule has 15 heavy (non-hydrogen) atoms. The Morgan fingerprint density at radius 2 is 1.60 bits per heavy atom. The first-order chi connectivity index (χ1) is 7.29. The third-order valence-electron chi connectivity index (χ3n) is 3.70. The normalized spacial score (nSPS) is 26.9. The summed E-state index contributed by atoms with van der Waals surface area (Å²) >= 11 is 0. The summed E-state index contributed by atoms with van der Waals surface area (Å²) in [6, 6.07) is 0.813. The van der Waals surface area contributed by atoms with Gasteiger partial charge in [-0.2, -0.15) is 5.10 Å². The van der Waals surface area contributed by atoms with Crippen LogP contribution in [0, 0.1) is 0 Å². The van der Waals surface area contributed by atoms with Gasteiger partial charge in [-0.3, -0.25) is 9.91 Å². The Labute approximate surface area is 92.5 Å². The Hall–Kier alpha value is -0.610. The number of piperazine rings is 1. The summed E-state index contributed by atoms with van der Waals surface area (Å²) in [5.41, 5.74) is 0. The summed E-state index contributed by atoms with van der Waals surface area (Å²) in [4.78, 5) is 5.06. The van der Waals surface area contributed by atoms with Crippen LogP contribution in [0.15, 0.2) is 5.10 Å². The predicted molar refractivity (Wildman–Crippen MR) is 63.2 cm³/mol. The molecule has 0 aromatic heterocycles. The minimum Gasteiger partial charge on any atom is -0.306 e. The Morgan fingerprint density at radius 3 is 2.13 bits per heavy atom. The summed E-state index contributed by atoms with van der Waals surface area (Å²) in [5.74, 6) is 0. The van der Waals surface area contributed by atoms with E-state index in [0.29, 0.717) is 0 Å². The molecule has 2 saturated heterocycles. The molecule has 2 aliphatic heterocycles. The van der Waals surface area contributed by atoms with Crippen molar-refractivity contribution in [2.45, 2.75) is 18.9 Å². The summed E-state index contributed by atoms with van der Waals surface area (Å²) in [7, 11) is 2.22. The van der Waals surface area contributed by atoms with Crippen molar-refractivity contribution < 1.29 is 0 Å². The first-order valence-electron chi connectivity index (χ1n) is 5.94. The van der Waals surface area contributed by atoms with E-state index in [1.807, 2.05) is 0 Å². The molecular weight excluding hydrogens is 188 g/mol. The molecule has 0 aliphatic carbocycles. The summed E-state index contributed by atoms with van der Waals surface area (Å²) < 4.78 is 0. The molecule has 2 fully saturated rings. The van der Waals surface area contributed by atoms with Crippen molar-refractivity contribution in [3.8, 4) is 0 Å². The van der Waals surface area contributed by atoms with E-state index in [2.05, 4.69) is 33.7 Å². The molecule has 86 valence electrons. The number of hydrogen-bond acceptors (Lipinski definition) is 4. The fraction of sp³-hybridized carbons (Fsp3) is 0.909. The van der Waals surface area contributed by atoms with Gasteiger partial charge in [-0.15, -0.1) is 0 Å². The quantitative estimate of drug-likeness (QED) is 0.613. The lowest BCUT2D eigenvalue weighted by Crippen LogP contribution is -2.51. The van der Waals surface area contributed by atoms with Crippen LogP contribution >= 0.6 is 0 Å². The topological polar surface area (TPSA) is 22.1 Å². The van der Waals surface area contributed by atoms with E-state index in [0.717, 1.165) is 32.2 Å². The molecule has 0 bridgehead atoms. The highest BCUT2D eigenvalue weighted by Crippen LogP contribution is 2.17. The zero-order valence-corrected chi connectivity index (χ0v) is 9.73. The fourth-order valence-corrected chi connectivity index (χ4v) is 2.58. The van der Waals surface area contributed by atoms with Gasteiger partial charge in [0, 0.05) is 38.9 Å². The van der Waals surface area contributed by atoms with Crippen LogP contribution in [-0.2, 0) is 0 Å². The Balaban J connectivity index is 1.78. The van der Waals surface area contributed by atoms with Crippen LogP contribution in [0.25, 0.3) is 0 Å². The molecule has 0 aromatic carbocycles. The van der Waals surface area contributed by atoms with E-state index in [-0.39, 0.29) is 0 Å². The molecule has 4 heteroatoms. The molecule has 0 atom stereocenters. The lowest BCUT2D eigenvalue weighted by Gasteiger charge is -2.41. The minimum absolute atomic E-state index is 0.813. The second kappa shape index (κ2) is 4.94. The highest BCUT2D eigenvalue weighted by Gasteiger charge is 2.25. The standard InChI is InChI=1S/C11H22N4/c1-12-15-9-7-14(8-10-15)11-3-5-13(2)6-4-11/h11H,1,3-10H2,2H3. The van der Waals surface area contributed by atoms with Crippen LogP contribution in [0.1, 0.15) is 12.8 Å². The van der Waals surface area contributed by atoms with Crippen molar-refractivity contribution in [2.24, 2.45) is 5.10 Å². The number of hydrogen-bond donors (Lipinski definition) is 0. The van der Waals surface area contributed by atoms with E-state index in [4.69, 9.17) is 0 Å². The van der Waals surface area contributed by atoms with E-state index >= 15 is 0 Å². The Morgan fingerprint density at radius 1 is 1.00 bits per heavy atom. The number of nitrogens with zero attached hydrogens (tertiary/aromatic N) is 4. The second-order valence-corrected chi connectivity index (χ2v) is 4.67. The van der Waals surface area contributed by atoms with Gasteiger partial charge in [-0.25, -0.2) is 0 Å². The Bertz CT molecular complexity index is 203. The van der Waals surface area contributed by atoms with Crippen LogP contribution in [0.4, 0.5) is 0 Å². The largest absolute Gasteiger partial charge is 0.306 e. The van der Waals surface area contributed by atoms with Crippen LogP contribution in [0.3, 0.4) is 0 Å². The van der Waals surface area contributed by atoms with E-state index in [1.165, 1.54) is 25.9 Å². The van der Waals surface area contributed by atoms with Gasteiger partial charge < -0.3 is 4.90 Å². The Kier molecular flexibility index (Phi) is 3.59. The first kappa shape index (κ1) is 10.9. The SMILES string of the molecule is C=NN1CCN(C2CCN(C)CC2)CC1. The van der Waals surface area contributed by atoms with Crippen molar-refractivity contribution in [3.63, 3.8) is 0 Å². The maximum Gasteiger partial charge on any atom is 0.0488 e. The van der Waals surface area contributed by atoms with Crippen LogP contribution in [0.2, 0.25) is 0 Å². The maximum atomic E-state index is 3.99. The lowest BCUT2D eigenvalue weighted by molar-refractivity contribution is 0.0664. The van der Waals surface area contributed by atoms with Gasteiger partial charge in [0.15, 0.2) is 0 Å². The van der Waals surface area contributed by atoms with Crippen molar-refractivity contribution in [2.75, 3.05) is 46.3 Å². The molecule has 2 heterocycles. The van der Waals surface area contributed by atoms with Gasteiger partial charge in [0.05, 0.1) is 0 Å². The molecule has 4 nitrogen and oxygen atoms in total. The molecule has 0 N–H and O–H groups in total. The highest BCUT2D eigenvalue weighted by atomic mass is 15.5. The summed E-state index contributed by atoms with van der Waals surface area (Å²) in [6.45, 7) is 10.5. The number of rotatable bonds is 2. The van der Waals surface area contributed by atoms with Crippen LogP contribution in [0.5, 0.6) is 0 Å². The van der Waals surface area contributed by atoms with Crippen LogP contribution < -0.4 is 0 Å². The third-order valence-corrected chi connectivity index (χ3v) is 3.70. The molecule has 0 radical (unpaired) electrons. The molecular formula is C11H22N4. The zero-order chi connectivity index (χ0) is 10.7. The van der Waals surface area contributed by atoms with Gasteiger partial charge in [0.2, 0.25) is 0 Å². The van der Waals surface area contributed by atoms with Crippen molar-refractivity contribution in [1.29, 1.82) is 0 Å². The van der Waals surface area contributed by atoms with Gasteiger partial charge >= 0.3 is 0 Å². The van der Waals surface area contributed by atoms with Gasteiger partial charge in [-0.05, 0) is 33.0 Å². The lowest BCUT2D eigenvalue weighted by atomic mass is 10.0. The number of likely N-dealkylation sites (tertiary alicyclic amines) is 1. The van der Waals surface area contributed by atoms with E-state index < -0.39 is 0 Å². The molecule has 0 saturated carbocycles. The zero-order valence-electron chi connectivity index (χ0n) is 9.73. The van der Waals surface area contributed by atoms with Gasteiger partial charge in [0.25, 0.3) is 0 Å². The highest BCUT2D eigenvalue weighted by molar-refractivity contribution is 5.22. The van der Waals surface area contributed by atoms with Crippen molar-refractivity contribution in [1.82, 2.24) is 14.8 Å². The molecule has 2 aliphatic rings. The second-order valence-electron chi connectivity index (χ2n) is 4.67. The molecule has 2 rings (SSSR count). The molecule has 0 aromatic rings. The minimum atomic E-state index is 0.813. The summed E-state index contributed by atoms with van der Waals surface area (Å²) in [6.07, 6.45) is 2.66. The van der Waals surface area contributed by atoms with Gasteiger partial charge in [0.1, 0.15) is 0 Å². The number of hydrazone groups is 1. The van der Waals surface area contributed by atoms with Crippen molar-refractivity contribution in [3.05, 3.63) is 0 Å². The van der Waals surface area contributed by atoms with Gasteiger partial charge in [-0.1, -0.05) is 0 Å². The monoisotopic (exact) mass is 210 g/mol.